The summed E-state index contributed by atoms with van der Waals surface area (Å²) in [4.78, 5) is 31.0. The van der Waals surface area contributed by atoms with Gasteiger partial charge < -0.3 is 14.7 Å². The van der Waals surface area contributed by atoms with Gasteiger partial charge >= 0.3 is 0 Å². The van der Waals surface area contributed by atoms with E-state index in [4.69, 9.17) is 0 Å². The van der Waals surface area contributed by atoms with E-state index in [0.29, 0.717) is 42.6 Å². The first-order valence-electron chi connectivity index (χ1n) is 12.1. The minimum Gasteiger partial charge on any atom is -0.368 e. The second-order valence-electron chi connectivity index (χ2n) is 9.29. The van der Waals surface area contributed by atoms with Crippen LogP contribution in [0.1, 0.15) is 36.5 Å². The predicted octanol–water partition coefficient (Wildman–Crippen LogP) is 3.88. The molecule has 0 aromatic heterocycles. The quantitative estimate of drug-likeness (QED) is 0.534. The Kier molecular flexibility index (Phi) is 7.57. The Morgan fingerprint density at radius 3 is 2.34 bits per heavy atom. The number of fused-ring (bicyclic) bond motifs is 1. The molecule has 2 aromatic rings. The van der Waals surface area contributed by atoms with Crippen LogP contribution in [0.25, 0.3) is 0 Å². The maximum Gasteiger partial charge on any atom is 0.226 e. The fourth-order valence-corrected chi connectivity index (χ4v) is 7.26. The van der Waals surface area contributed by atoms with Crippen molar-refractivity contribution in [1.82, 2.24) is 4.90 Å². The Morgan fingerprint density at radius 2 is 1.66 bits per heavy atom. The van der Waals surface area contributed by atoms with Crippen molar-refractivity contribution in [2.24, 2.45) is 0 Å². The third kappa shape index (κ3) is 5.40. The van der Waals surface area contributed by atoms with Crippen molar-refractivity contribution in [3.8, 4) is 0 Å². The topological polar surface area (TPSA) is 78.0 Å². The summed E-state index contributed by atoms with van der Waals surface area (Å²) in [6, 6.07) is 9.75. The zero-order valence-corrected chi connectivity index (χ0v) is 22.9. The third-order valence-electron chi connectivity index (χ3n) is 6.89. The lowest BCUT2D eigenvalue weighted by molar-refractivity contribution is -0.131. The number of halogens is 1. The molecular weight excluding hydrogens is 530 g/mol. The van der Waals surface area contributed by atoms with Gasteiger partial charge in [-0.05, 0) is 71.1 Å². The van der Waals surface area contributed by atoms with Gasteiger partial charge in [-0.2, -0.15) is 0 Å². The van der Waals surface area contributed by atoms with E-state index >= 15 is 0 Å². The Morgan fingerprint density at radius 1 is 0.943 bits per heavy atom. The summed E-state index contributed by atoms with van der Waals surface area (Å²) in [7, 11) is -3.71. The largest absolute Gasteiger partial charge is 0.368 e. The number of piperazine rings is 1. The van der Waals surface area contributed by atoms with Gasteiger partial charge in [-0.25, -0.2) is 8.42 Å². The fourth-order valence-electron chi connectivity index (χ4n) is 4.82. The minimum atomic E-state index is -3.71. The zero-order valence-electron chi connectivity index (χ0n) is 20.5. The van der Waals surface area contributed by atoms with Crippen molar-refractivity contribution in [2.45, 2.75) is 44.9 Å². The number of rotatable bonds is 6. The summed E-state index contributed by atoms with van der Waals surface area (Å²) >= 11 is 3.40. The molecule has 1 fully saturated rings. The number of carbonyl (C=O) groups excluding carboxylic acids is 2. The number of hydrogen-bond acceptors (Lipinski definition) is 5. The molecule has 7 nitrogen and oxygen atoms in total. The zero-order chi connectivity index (χ0) is 25.3. The molecule has 2 amide bonds. The van der Waals surface area contributed by atoms with Crippen molar-refractivity contribution in [3.05, 3.63) is 51.5 Å². The van der Waals surface area contributed by atoms with Gasteiger partial charge in [-0.3, -0.25) is 9.59 Å². The molecular formula is C26H32BrN3O4S. The highest BCUT2D eigenvalue weighted by Gasteiger charge is 2.29. The van der Waals surface area contributed by atoms with Crippen LogP contribution >= 0.6 is 15.9 Å². The number of benzene rings is 2. The first kappa shape index (κ1) is 25.7. The summed E-state index contributed by atoms with van der Waals surface area (Å²) in [6.45, 7) is 9.11. The highest BCUT2D eigenvalue weighted by atomic mass is 79.9. The van der Waals surface area contributed by atoms with Crippen molar-refractivity contribution < 1.29 is 18.0 Å². The minimum absolute atomic E-state index is 0.0235. The molecule has 188 valence electrons. The lowest BCUT2D eigenvalue weighted by Gasteiger charge is -2.37. The molecule has 0 saturated carbocycles. The van der Waals surface area contributed by atoms with Crippen molar-refractivity contribution in [2.75, 3.05) is 48.3 Å². The van der Waals surface area contributed by atoms with Gasteiger partial charge in [0.25, 0.3) is 0 Å². The highest BCUT2D eigenvalue weighted by Crippen LogP contribution is 2.36. The van der Waals surface area contributed by atoms with Crippen LogP contribution < -0.4 is 9.80 Å². The van der Waals surface area contributed by atoms with Gasteiger partial charge in [0, 0.05) is 61.4 Å². The van der Waals surface area contributed by atoms with Gasteiger partial charge in [0.1, 0.15) is 0 Å². The Balaban J connectivity index is 1.40. The van der Waals surface area contributed by atoms with E-state index in [0.717, 1.165) is 18.7 Å². The molecule has 2 aliphatic heterocycles. The van der Waals surface area contributed by atoms with Crippen LogP contribution in [0.5, 0.6) is 0 Å². The molecule has 0 radical (unpaired) electrons. The number of aryl methyl sites for hydroxylation is 2. The number of hydrogen-bond donors (Lipinski definition) is 0. The first-order chi connectivity index (χ1) is 16.6. The maximum absolute atomic E-state index is 13.2. The molecule has 2 aliphatic rings. The van der Waals surface area contributed by atoms with Crippen LogP contribution in [0.15, 0.2) is 39.7 Å². The summed E-state index contributed by atoms with van der Waals surface area (Å²) in [5.41, 5.74) is 5.22. The molecule has 1 saturated heterocycles. The van der Waals surface area contributed by atoms with Crippen LogP contribution in [-0.4, -0.2) is 63.6 Å². The van der Waals surface area contributed by atoms with Crippen molar-refractivity contribution in [1.29, 1.82) is 0 Å². The standard InChI is InChI=1S/C26H32BrN3O4S/c1-4-25(31)30-9-7-20-16-21(27)24(17-23(20)30)35(33,34)14-8-26(32)29-12-10-28(11-13-29)22-15-18(2)5-6-19(22)3/h5-6,15-17H,4,7-14H2,1-3H3. The van der Waals surface area contributed by atoms with E-state index in [9.17, 15) is 18.0 Å². The van der Waals surface area contributed by atoms with E-state index < -0.39 is 9.84 Å². The summed E-state index contributed by atoms with van der Waals surface area (Å²) in [5, 5.41) is 0. The molecule has 0 atom stereocenters. The van der Waals surface area contributed by atoms with E-state index in [1.165, 1.54) is 16.8 Å². The lowest BCUT2D eigenvalue weighted by atomic mass is 10.1. The van der Waals surface area contributed by atoms with Gasteiger partial charge in [-0.15, -0.1) is 0 Å². The van der Waals surface area contributed by atoms with E-state index in [1.807, 2.05) is 0 Å². The SMILES string of the molecule is CCC(=O)N1CCc2cc(Br)c(S(=O)(=O)CCC(=O)N3CCN(c4cc(C)ccc4C)CC3)cc21. The monoisotopic (exact) mass is 561 g/mol. The molecule has 0 N–H and O–H groups in total. The Hall–Kier alpha value is -2.39. The fraction of sp³-hybridized carbons (Fsp3) is 0.462. The molecule has 2 aromatic carbocycles. The lowest BCUT2D eigenvalue weighted by Crippen LogP contribution is -2.49. The molecule has 2 heterocycles. The van der Waals surface area contributed by atoms with Gasteiger partial charge in [0.15, 0.2) is 9.84 Å². The summed E-state index contributed by atoms with van der Waals surface area (Å²) in [5.74, 6) is -0.429. The van der Waals surface area contributed by atoms with E-state index in [-0.39, 0.29) is 28.9 Å². The van der Waals surface area contributed by atoms with E-state index in [1.54, 1.807) is 28.9 Å². The van der Waals surface area contributed by atoms with Crippen LogP contribution in [0, 0.1) is 13.8 Å². The maximum atomic E-state index is 13.2. The number of amides is 2. The summed E-state index contributed by atoms with van der Waals surface area (Å²) < 4.78 is 26.8. The average molecular weight is 563 g/mol. The van der Waals surface area contributed by atoms with Crippen LogP contribution in [0.4, 0.5) is 11.4 Å². The Bertz CT molecular complexity index is 1250. The molecule has 0 spiro atoms. The van der Waals surface area contributed by atoms with Gasteiger partial charge in [0.05, 0.1) is 10.6 Å². The smallest absolute Gasteiger partial charge is 0.226 e. The second-order valence-corrected chi connectivity index (χ2v) is 12.2. The molecule has 9 heteroatoms. The number of sulfone groups is 1. The summed E-state index contributed by atoms with van der Waals surface area (Å²) in [6.07, 6.45) is 1.00. The van der Waals surface area contributed by atoms with Crippen LogP contribution in [-0.2, 0) is 25.8 Å². The number of anilines is 2. The number of carbonyl (C=O) groups is 2. The Labute approximate surface area is 216 Å². The van der Waals surface area contributed by atoms with E-state index in [2.05, 4.69) is 52.9 Å². The molecule has 0 bridgehead atoms. The highest BCUT2D eigenvalue weighted by molar-refractivity contribution is 9.10. The number of nitrogens with zero attached hydrogens (tertiary/aromatic N) is 3. The van der Waals surface area contributed by atoms with Crippen LogP contribution in [0.3, 0.4) is 0 Å². The van der Waals surface area contributed by atoms with Gasteiger partial charge in [0.2, 0.25) is 11.8 Å². The molecule has 4 rings (SSSR count). The second kappa shape index (κ2) is 10.3. The van der Waals surface area contributed by atoms with Crippen LogP contribution in [0.2, 0.25) is 0 Å². The molecule has 35 heavy (non-hydrogen) atoms. The molecule has 0 unspecified atom stereocenters. The normalized spacial score (nSPS) is 15.9. The first-order valence-corrected chi connectivity index (χ1v) is 14.5. The van der Waals surface area contributed by atoms with Crippen molar-refractivity contribution >= 4 is 49.0 Å². The molecule has 0 aliphatic carbocycles. The van der Waals surface area contributed by atoms with Crippen molar-refractivity contribution in [3.63, 3.8) is 0 Å². The van der Waals surface area contributed by atoms with Gasteiger partial charge in [-0.1, -0.05) is 19.1 Å². The predicted molar refractivity (Wildman–Crippen MR) is 142 cm³/mol. The average Bonchev–Trinajstić information content (AvgIpc) is 3.26. The third-order valence-corrected chi connectivity index (χ3v) is 9.56.